The standard InChI is InChI=1S/C13H18N2/c1-3-5-9-12(4-2)14-15-13-10-7-6-8-11-13/h3-7,9,13H,1,8,10-11H2,2H3/b9-5?,12-4?,15-14+. The van der Waals surface area contributed by atoms with Gasteiger partial charge in [0, 0.05) is 0 Å². The fourth-order valence-electron chi connectivity index (χ4n) is 1.38. The van der Waals surface area contributed by atoms with Crippen LogP contribution in [-0.2, 0) is 0 Å². The van der Waals surface area contributed by atoms with Crippen molar-refractivity contribution in [3.63, 3.8) is 0 Å². The molecule has 0 saturated carbocycles. The van der Waals surface area contributed by atoms with Gasteiger partial charge in [0.15, 0.2) is 0 Å². The van der Waals surface area contributed by atoms with Crippen LogP contribution in [-0.4, -0.2) is 6.04 Å². The molecule has 2 nitrogen and oxygen atoms in total. The van der Waals surface area contributed by atoms with E-state index >= 15 is 0 Å². The smallest absolute Gasteiger partial charge is 0.0810 e. The van der Waals surface area contributed by atoms with Gasteiger partial charge in [-0.25, -0.2) is 0 Å². The van der Waals surface area contributed by atoms with E-state index in [9.17, 15) is 0 Å². The second-order valence-corrected chi connectivity index (χ2v) is 3.46. The number of rotatable bonds is 4. The van der Waals surface area contributed by atoms with E-state index < -0.39 is 0 Å². The summed E-state index contributed by atoms with van der Waals surface area (Å²) >= 11 is 0. The highest BCUT2D eigenvalue weighted by Crippen LogP contribution is 2.15. The third-order valence-corrected chi connectivity index (χ3v) is 2.28. The van der Waals surface area contributed by atoms with E-state index in [1.54, 1.807) is 6.08 Å². The van der Waals surface area contributed by atoms with Gasteiger partial charge in [-0.3, -0.25) is 0 Å². The Morgan fingerprint density at radius 2 is 2.33 bits per heavy atom. The third kappa shape index (κ3) is 4.54. The lowest BCUT2D eigenvalue weighted by atomic mass is 10.0. The quantitative estimate of drug-likeness (QED) is 0.371. The lowest BCUT2D eigenvalue weighted by Crippen LogP contribution is -2.04. The zero-order chi connectivity index (χ0) is 10.9. The van der Waals surface area contributed by atoms with Gasteiger partial charge >= 0.3 is 0 Å². The number of hydrogen-bond donors (Lipinski definition) is 0. The molecule has 0 saturated heterocycles. The highest BCUT2D eigenvalue weighted by molar-refractivity contribution is 5.19. The van der Waals surface area contributed by atoms with Crippen LogP contribution >= 0.6 is 0 Å². The van der Waals surface area contributed by atoms with Gasteiger partial charge in [-0.2, -0.15) is 10.2 Å². The van der Waals surface area contributed by atoms with Crippen LogP contribution in [0, 0.1) is 0 Å². The Kier molecular flexibility index (Phi) is 5.38. The number of azo groups is 1. The Labute approximate surface area is 91.8 Å². The molecule has 0 bridgehead atoms. The second-order valence-electron chi connectivity index (χ2n) is 3.46. The summed E-state index contributed by atoms with van der Waals surface area (Å²) in [7, 11) is 0. The molecule has 1 aliphatic rings. The summed E-state index contributed by atoms with van der Waals surface area (Å²) in [5.41, 5.74) is 0.893. The van der Waals surface area contributed by atoms with Crippen LogP contribution < -0.4 is 0 Å². The average Bonchev–Trinajstić information content (AvgIpc) is 2.31. The number of allylic oxidation sites excluding steroid dienone is 5. The van der Waals surface area contributed by atoms with Gasteiger partial charge in [0.05, 0.1) is 11.7 Å². The largest absolute Gasteiger partial charge is 0.185 e. The third-order valence-electron chi connectivity index (χ3n) is 2.28. The topological polar surface area (TPSA) is 24.7 Å². The molecule has 1 aliphatic carbocycles. The normalized spacial score (nSPS) is 22.7. The second kappa shape index (κ2) is 6.93. The maximum Gasteiger partial charge on any atom is 0.0810 e. The predicted octanol–water partition coefficient (Wildman–Crippen LogP) is 4.19. The van der Waals surface area contributed by atoms with E-state index in [2.05, 4.69) is 29.0 Å². The summed E-state index contributed by atoms with van der Waals surface area (Å²) < 4.78 is 0. The minimum atomic E-state index is 0.363. The SMILES string of the molecule is C=CC=CC(=CC)/N=N/C1CC=CCC1. The Bertz CT molecular complexity index is 308. The highest BCUT2D eigenvalue weighted by Gasteiger charge is 2.07. The Balaban J connectivity index is 2.50. The fourth-order valence-corrected chi connectivity index (χ4v) is 1.38. The first-order valence-corrected chi connectivity index (χ1v) is 5.38. The summed E-state index contributed by atoms with van der Waals surface area (Å²) in [5.74, 6) is 0. The molecule has 1 unspecified atom stereocenters. The van der Waals surface area contributed by atoms with Crippen molar-refractivity contribution >= 4 is 0 Å². The molecule has 0 spiro atoms. The van der Waals surface area contributed by atoms with Gasteiger partial charge in [0.25, 0.3) is 0 Å². The van der Waals surface area contributed by atoms with Crippen molar-refractivity contribution in [3.8, 4) is 0 Å². The van der Waals surface area contributed by atoms with Crippen LogP contribution in [0.15, 0.2) is 59.0 Å². The maximum atomic E-state index is 4.33. The van der Waals surface area contributed by atoms with Crippen molar-refractivity contribution in [2.75, 3.05) is 0 Å². The van der Waals surface area contributed by atoms with Gasteiger partial charge in [-0.1, -0.05) is 37.0 Å². The molecule has 0 radical (unpaired) electrons. The molecule has 2 heteroatoms. The molecule has 0 aliphatic heterocycles. The van der Waals surface area contributed by atoms with Crippen molar-refractivity contribution in [2.45, 2.75) is 32.2 Å². The number of nitrogens with zero attached hydrogens (tertiary/aromatic N) is 2. The molecule has 0 fully saturated rings. The molecule has 0 aromatic heterocycles. The van der Waals surface area contributed by atoms with Gasteiger partial charge in [-0.15, -0.1) is 0 Å². The fraction of sp³-hybridized carbons (Fsp3) is 0.385. The molecule has 1 rings (SSSR count). The van der Waals surface area contributed by atoms with Crippen molar-refractivity contribution in [2.24, 2.45) is 10.2 Å². The molecule has 0 N–H and O–H groups in total. The summed E-state index contributed by atoms with van der Waals surface area (Å²) in [6, 6.07) is 0.363. The molecule has 0 aromatic rings. The van der Waals surface area contributed by atoms with Gasteiger partial charge in [0.1, 0.15) is 0 Å². The first-order valence-electron chi connectivity index (χ1n) is 5.38. The molecule has 1 atom stereocenters. The molecule has 80 valence electrons. The van der Waals surface area contributed by atoms with Crippen molar-refractivity contribution in [1.29, 1.82) is 0 Å². The van der Waals surface area contributed by atoms with E-state index in [4.69, 9.17) is 0 Å². The minimum Gasteiger partial charge on any atom is -0.185 e. The van der Waals surface area contributed by atoms with Crippen LogP contribution in [0.25, 0.3) is 0 Å². The lowest BCUT2D eigenvalue weighted by Gasteiger charge is -2.10. The first-order chi connectivity index (χ1) is 7.36. The van der Waals surface area contributed by atoms with Crippen LogP contribution in [0.3, 0.4) is 0 Å². The van der Waals surface area contributed by atoms with Crippen molar-refractivity contribution in [1.82, 2.24) is 0 Å². The van der Waals surface area contributed by atoms with Crippen molar-refractivity contribution in [3.05, 3.63) is 48.7 Å². The zero-order valence-corrected chi connectivity index (χ0v) is 9.26. The van der Waals surface area contributed by atoms with E-state index in [1.165, 1.54) is 0 Å². The van der Waals surface area contributed by atoms with Crippen LogP contribution in [0.5, 0.6) is 0 Å². The molecule has 0 aromatic carbocycles. The van der Waals surface area contributed by atoms with E-state index in [0.717, 1.165) is 25.0 Å². The maximum absolute atomic E-state index is 4.33. The van der Waals surface area contributed by atoms with Crippen LogP contribution in [0.1, 0.15) is 26.2 Å². The summed E-state index contributed by atoms with van der Waals surface area (Å²) in [4.78, 5) is 0. The van der Waals surface area contributed by atoms with Crippen LogP contribution in [0.4, 0.5) is 0 Å². The van der Waals surface area contributed by atoms with E-state index in [-0.39, 0.29) is 0 Å². The average molecular weight is 202 g/mol. The first kappa shape index (κ1) is 11.6. The monoisotopic (exact) mass is 202 g/mol. The Morgan fingerprint density at radius 1 is 1.47 bits per heavy atom. The summed E-state index contributed by atoms with van der Waals surface area (Å²) in [5, 5.41) is 8.55. The molecular weight excluding hydrogens is 184 g/mol. The van der Waals surface area contributed by atoms with Crippen LogP contribution in [0.2, 0.25) is 0 Å². The molecular formula is C13H18N2. The Morgan fingerprint density at radius 3 is 2.93 bits per heavy atom. The van der Waals surface area contributed by atoms with Crippen molar-refractivity contribution < 1.29 is 0 Å². The van der Waals surface area contributed by atoms with Gasteiger partial charge < -0.3 is 0 Å². The number of hydrogen-bond acceptors (Lipinski definition) is 2. The molecule has 0 heterocycles. The minimum absolute atomic E-state index is 0.363. The summed E-state index contributed by atoms with van der Waals surface area (Å²) in [6.07, 6.45) is 15.1. The van der Waals surface area contributed by atoms with E-state index in [1.807, 2.05) is 25.2 Å². The molecule has 15 heavy (non-hydrogen) atoms. The molecule has 0 amide bonds. The van der Waals surface area contributed by atoms with E-state index in [0.29, 0.717) is 6.04 Å². The zero-order valence-electron chi connectivity index (χ0n) is 9.26. The Hall–Kier alpha value is -1.44. The summed E-state index contributed by atoms with van der Waals surface area (Å²) in [6.45, 7) is 5.58. The highest BCUT2D eigenvalue weighted by atomic mass is 15.1. The lowest BCUT2D eigenvalue weighted by molar-refractivity contribution is 0.582. The predicted molar refractivity (Wildman–Crippen MR) is 64.7 cm³/mol. The van der Waals surface area contributed by atoms with Gasteiger partial charge in [0.2, 0.25) is 0 Å². The van der Waals surface area contributed by atoms with Gasteiger partial charge in [-0.05, 0) is 32.3 Å².